The van der Waals surface area contributed by atoms with E-state index >= 15 is 0 Å². The van der Waals surface area contributed by atoms with Crippen LogP contribution in [0.2, 0.25) is 0 Å². The highest BCUT2D eigenvalue weighted by atomic mass is 16.6. The number of quaternary nitrogens is 1. The van der Waals surface area contributed by atoms with Gasteiger partial charge in [-0.1, -0.05) is 0 Å². The average molecular weight is 194 g/mol. The topological polar surface area (TPSA) is 105 Å². The van der Waals surface area contributed by atoms with Crippen LogP contribution in [-0.2, 0) is 0 Å². The summed E-state index contributed by atoms with van der Waals surface area (Å²) in [5, 5.41) is 15.5. The normalized spacial score (nSPS) is 15.4. The van der Waals surface area contributed by atoms with Crippen LogP contribution in [0.15, 0.2) is 4.63 Å². The lowest BCUT2D eigenvalue weighted by Gasteiger charge is -2.01. The molecule has 8 nitrogen and oxygen atoms in total. The zero-order valence-corrected chi connectivity index (χ0v) is 7.19. The first-order valence-corrected chi connectivity index (χ1v) is 4.23. The van der Waals surface area contributed by atoms with Crippen molar-refractivity contribution in [3.05, 3.63) is 0 Å². The van der Waals surface area contributed by atoms with Crippen LogP contribution in [0.5, 0.6) is 0 Å². The molecule has 3 heterocycles. The number of anilines is 2. The first-order chi connectivity index (χ1) is 6.93. The van der Waals surface area contributed by atoms with Crippen molar-refractivity contribution in [3.8, 4) is 0 Å². The number of hydrogen-bond donors (Lipinski definition) is 3. The first kappa shape index (κ1) is 7.44. The highest BCUT2D eigenvalue weighted by molar-refractivity contribution is 5.73. The van der Waals surface area contributed by atoms with Crippen molar-refractivity contribution in [2.45, 2.75) is 0 Å². The Kier molecular flexibility index (Phi) is 1.47. The molecule has 0 aliphatic carbocycles. The molecule has 3 rings (SSSR count). The second-order valence-corrected chi connectivity index (χ2v) is 2.88. The minimum atomic E-state index is 0.417. The maximum atomic E-state index is 4.53. The van der Waals surface area contributed by atoms with Gasteiger partial charge in [-0.3, -0.25) is 0 Å². The minimum Gasteiger partial charge on any atom is -0.320 e. The average Bonchev–Trinajstić information content (AvgIpc) is 2.51. The summed E-state index contributed by atoms with van der Waals surface area (Å²) >= 11 is 0. The summed E-state index contributed by atoms with van der Waals surface area (Å²) in [5.41, 5.74) is 0.833. The number of nitrogens with zero attached hydrogens (tertiary/aromatic N) is 4. The van der Waals surface area contributed by atoms with Gasteiger partial charge in [0.25, 0.3) is 0 Å². The molecular weight excluding hydrogens is 186 g/mol. The molecule has 0 amide bonds. The maximum absolute atomic E-state index is 4.53. The third-order valence-corrected chi connectivity index (χ3v) is 1.94. The van der Waals surface area contributed by atoms with Gasteiger partial charge in [0.2, 0.25) is 11.3 Å². The highest BCUT2D eigenvalue weighted by Crippen LogP contribution is 2.18. The SMILES string of the molecule is C1Nc2nc3nonc3nc2NC[NH2+]1. The van der Waals surface area contributed by atoms with Crippen LogP contribution in [-0.4, -0.2) is 33.6 Å². The monoisotopic (exact) mass is 194 g/mol. The number of fused-ring (bicyclic) bond motifs is 2. The molecule has 0 fully saturated rings. The third kappa shape index (κ3) is 1.04. The summed E-state index contributed by atoms with van der Waals surface area (Å²) < 4.78 is 4.53. The Balaban J connectivity index is 2.19. The molecule has 0 saturated heterocycles. The van der Waals surface area contributed by atoms with Gasteiger partial charge in [0.05, 0.1) is 0 Å². The number of hydrogen-bond acceptors (Lipinski definition) is 7. The molecule has 8 heteroatoms. The van der Waals surface area contributed by atoms with Crippen molar-refractivity contribution in [2.24, 2.45) is 0 Å². The Labute approximate surface area is 78.1 Å². The van der Waals surface area contributed by atoms with Gasteiger partial charge in [0.15, 0.2) is 25.0 Å². The molecule has 0 bridgehead atoms. The summed E-state index contributed by atoms with van der Waals surface area (Å²) in [6.07, 6.45) is 0. The Morgan fingerprint density at radius 3 is 2.14 bits per heavy atom. The molecule has 4 N–H and O–H groups in total. The van der Waals surface area contributed by atoms with Gasteiger partial charge in [0.1, 0.15) is 0 Å². The maximum Gasteiger partial charge on any atom is 0.245 e. The van der Waals surface area contributed by atoms with Crippen molar-refractivity contribution in [1.82, 2.24) is 20.3 Å². The lowest BCUT2D eigenvalue weighted by molar-refractivity contribution is -0.643. The van der Waals surface area contributed by atoms with Gasteiger partial charge in [0, 0.05) is 0 Å². The summed E-state index contributed by atoms with van der Waals surface area (Å²) in [6, 6.07) is 0. The van der Waals surface area contributed by atoms with Crippen molar-refractivity contribution in [3.63, 3.8) is 0 Å². The molecule has 0 spiro atoms. The number of nitrogens with two attached hydrogens (primary N) is 1. The van der Waals surface area contributed by atoms with Crippen molar-refractivity contribution >= 4 is 22.9 Å². The fourth-order valence-electron chi connectivity index (χ4n) is 1.29. The fourth-order valence-corrected chi connectivity index (χ4v) is 1.29. The Hall–Kier alpha value is -1.96. The lowest BCUT2D eigenvalue weighted by Crippen LogP contribution is -2.87. The number of nitrogens with one attached hydrogen (secondary N) is 2. The van der Waals surface area contributed by atoms with E-state index < -0.39 is 0 Å². The van der Waals surface area contributed by atoms with Gasteiger partial charge >= 0.3 is 0 Å². The minimum absolute atomic E-state index is 0.417. The molecule has 0 radical (unpaired) electrons. The number of rotatable bonds is 0. The van der Waals surface area contributed by atoms with Crippen molar-refractivity contribution < 1.29 is 9.95 Å². The zero-order valence-electron chi connectivity index (χ0n) is 7.19. The molecule has 1 aliphatic rings. The molecule has 1 aliphatic heterocycles. The fraction of sp³-hybridized carbons (Fsp3) is 0.333. The summed E-state index contributed by atoms with van der Waals surface area (Å²) in [6.45, 7) is 1.51. The van der Waals surface area contributed by atoms with Gasteiger partial charge in [-0.05, 0) is 10.3 Å². The van der Waals surface area contributed by atoms with E-state index in [0.29, 0.717) is 22.9 Å². The quantitative estimate of drug-likeness (QED) is 0.460. The number of aromatic nitrogens is 4. The van der Waals surface area contributed by atoms with E-state index in [1.165, 1.54) is 0 Å². The standard InChI is InChI=1S/C6H7N7O/c1-7-2-9-4-3(8-1)10-5-6(11-4)13-14-12-5/h7H,1-2H2,(H,8,10,12)(H,9,11,13)/p+1. The van der Waals surface area contributed by atoms with E-state index in [9.17, 15) is 0 Å². The van der Waals surface area contributed by atoms with Gasteiger partial charge in [-0.25, -0.2) is 14.6 Å². The Morgan fingerprint density at radius 2 is 1.57 bits per heavy atom. The first-order valence-electron chi connectivity index (χ1n) is 4.23. The van der Waals surface area contributed by atoms with Gasteiger partial charge in [-0.2, -0.15) is 0 Å². The second-order valence-electron chi connectivity index (χ2n) is 2.88. The molecule has 0 atom stereocenters. The highest BCUT2D eigenvalue weighted by Gasteiger charge is 2.14. The van der Waals surface area contributed by atoms with E-state index in [0.717, 1.165) is 13.3 Å². The largest absolute Gasteiger partial charge is 0.320 e. The van der Waals surface area contributed by atoms with Crippen LogP contribution in [0.1, 0.15) is 0 Å². The smallest absolute Gasteiger partial charge is 0.245 e. The predicted molar refractivity (Wildman–Crippen MR) is 46.3 cm³/mol. The van der Waals surface area contributed by atoms with Crippen molar-refractivity contribution in [1.29, 1.82) is 0 Å². The zero-order chi connectivity index (χ0) is 9.38. The van der Waals surface area contributed by atoms with E-state index in [4.69, 9.17) is 0 Å². The van der Waals surface area contributed by atoms with Crippen LogP contribution in [0, 0.1) is 0 Å². The third-order valence-electron chi connectivity index (χ3n) is 1.94. The summed E-state index contributed by atoms with van der Waals surface area (Å²) in [4.78, 5) is 8.42. The molecule has 0 saturated carbocycles. The van der Waals surface area contributed by atoms with Crippen molar-refractivity contribution in [2.75, 3.05) is 24.0 Å². The molecule has 14 heavy (non-hydrogen) atoms. The van der Waals surface area contributed by atoms with E-state index in [1.807, 2.05) is 0 Å². The van der Waals surface area contributed by atoms with Crippen LogP contribution >= 0.6 is 0 Å². The van der Waals surface area contributed by atoms with Gasteiger partial charge in [-0.15, -0.1) is 0 Å². The van der Waals surface area contributed by atoms with E-state index in [2.05, 4.69) is 40.9 Å². The van der Waals surface area contributed by atoms with Crippen LogP contribution in [0.25, 0.3) is 11.3 Å². The molecule has 2 aromatic heterocycles. The Morgan fingerprint density at radius 1 is 1.00 bits per heavy atom. The predicted octanol–water partition coefficient (Wildman–Crippen LogP) is -1.67. The second kappa shape index (κ2) is 2.77. The Bertz CT molecular complexity index is 426. The molecular formula is C6H8N7O+. The molecule has 0 aromatic carbocycles. The molecule has 72 valence electrons. The van der Waals surface area contributed by atoms with Gasteiger partial charge < -0.3 is 16.0 Å². The van der Waals surface area contributed by atoms with Crippen LogP contribution in [0.4, 0.5) is 11.6 Å². The summed E-state index contributed by atoms with van der Waals surface area (Å²) in [7, 11) is 0. The van der Waals surface area contributed by atoms with E-state index in [-0.39, 0.29) is 0 Å². The summed E-state index contributed by atoms with van der Waals surface area (Å²) in [5.74, 6) is 1.36. The molecule has 2 aromatic rings. The molecule has 0 unspecified atom stereocenters. The van der Waals surface area contributed by atoms with Crippen LogP contribution < -0.4 is 16.0 Å². The van der Waals surface area contributed by atoms with E-state index in [1.54, 1.807) is 0 Å². The lowest BCUT2D eigenvalue weighted by atomic mass is 10.5. The van der Waals surface area contributed by atoms with Crippen LogP contribution in [0.3, 0.4) is 0 Å².